The maximum Gasteiger partial charge on any atom is 0.213 e. The second-order valence-corrected chi connectivity index (χ2v) is 8.18. The Balaban J connectivity index is 1.27. The van der Waals surface area contributed by atoms with Crippen LogP contribution in [0.25, 0.3) is 17.1 Å². The van der Waals surface area contributed by atoms with Gasteiger partial charge < -0.3 is 20.5 Å². The van der Waals surface area contributed by atoms with E-state index in [0.29, 0.717) is 25.5 Å². The average Bonchev–Trinajstić information content (AvgIpc) is 2.84. The lowest BCUT2D eigenvalue weighted by atomic mass is 9.95. The minimum atomic E-state index is -0.457. The van der Waals surface area contributed by atoms with Crippen molar-refractivity contribution in [1.29, 1.82) is 0 Å². The second-order valence-electron chi connectivity index (χ2n) is 8.18. The number of halogens is 2. The summed E-state index contributed by atoms with van der Waals surface area (Å²) in [6.45, 7) is 1.08. The van der Waals surface area contributed by atoms with E-state index in [4.69, 9.17) is 15.2 Å². The van der Waals surface area contributed by atoms with E-state index in [9.17, 15) is 8.78 Å². The Morgan fingerprint density at radius 1 is 1.24 bits per heavy atom. The summed E-state index contributed by atoms with van der Waals surface area (Å²) >= 11 is 0. The van der Waals surface area contributed by atoms with Gasteiger partial charge in [-0.1, -0.05) is 12.2 Å². The van der Waals surface area contributed by atoms with Gasteiger partial charge in [-0.25, -0.2) is 13.8 Å². The zero-order chi connectivity index (χ0) is 23.2. The van der Waals surface area contributed by atoms with Crippen LogP contribution in [0.15, 0.2) is 48.7 Å². The fraction of sp³-hybridized carbons (Fsp3) is 0.360. The second kappa shape index (κ2) is 10.8. The van der Waals surface area contributed by atoms with Gasteiger partial charge in [0.1, 0.15) is 11.6 Å². The van der Waals surface area contributed by atoms with Gasteiger partial charge in [-0.05, 0) is 55.2 Å². The zero-order valence-electron chi connectivity index (χ0n) is 18.5. The van der Waals surface area contributed by atoms with Crippen molar-refractivity contribution >= 4 is 17.1 Å². The molecule has 3 atom stereocenters. The van der Waals surface area contributed by atoms with E-state index in [1.54, 1.807) is 31.5 Å². The molecule has 6 nitrogen and oxygen atoms in total. The standard InChI is InChI=1S/C25H28F2N4O2/c1-32-24-9-7-22-25(31-24)17(10-12-30-22)14-21(28)23-8-5-19(15-33-23)29-11-2-3-16-13-18(26)4-6-20(16)27/h2-4,6-7,9-10,12-13,19,21,23,29H,5,8,11,14-15,28H2,1H3/t19-,21+,23+/m1/s1. The normalized spacial score (nSPS) is 19.8. The topological polar surface area (TPSA) is 82.3 Å². The summed E-state index contributed by atoms with van der Waals surface area (Å²) in [6.07, 6.45) is 7.47. The zero-order valence-corrected chi connectivity index (χ0v) is 18.5. The molecule has 3 N–H and O–H groups in total. The maximum absolute atomic E-state index is 13.7. The Labute approximate surface area is 191 Å². The van der Waals surface area contributed by atoms with Crippen LogP contribution in [0.4, 0.5) is 8.78 Å². The number of methoxy groups -OCH3 is 1. The highest BCUT2D eigenvalue weighted by molar-refractivity contribution is 5.78. The predicted molar refractivity (Wildman–Crippen MR) is 124 cm³/mol. The molecule has 0 bridgehead atoms. The summed E-state index contributed by atoms with van der Waals surface area (Å²) in [4.78, 5) is 8.90. The molecular formula is C25H28F2N4O2. The Kier molecular flexibility index (Phi) is 7.59. The maximum atomic E-state index is 13.7. The molecular weight excluding hydrogens is 426 g/mol. The van der Waals surface area contributed by atoms with Crippen LogP contribution in [0, 0.1) is 11.6 Å². The molecule has 0 amide bonds. The number of nitrogens with two attached hydrogens (primary N) is 1. The van der Waals surface area contributed by atoms with Crippen molar-refractivity contribution in [3.8, 4) is 5.88 Å². The molecule has 0 radical (unpaired) electrons. The molecule has 174 valence electrons. The quantitative estimate of drug-likeness (QED) is 0.541. The van der Waals surface area contributed by atoms with Crippen molar-refractivity contribution in [2.75, 3.05) is 20.3 Å². The first-order valence-corrected chi connectivity index (χ1v) is 11.0. The molecule has 0 aliphatic carbocycles. The summed E-state index contributed by atoms with van der Waals surface area (Å²) < 4.78 is 38.2. The highest BCUT2D eigenvalue weighted by Gasteiger charge is 2.26. The van der Waals surface area contributed by atoms with Gasteiger partial charge in [-0.15, -0.1) is 0 Å². The van der Waals surface area contributed by atoms with Gasteiger partial charge in [0.05, 0.1) is 30.9 Å². The summed E-state index contributed by atoms with van der Waals surface area (Å²) in [5.41, 5.74) is 9.35. The van der Waals surface area contributed by atoms with Gasteiger partial charge in [0.15, 0.2) is 0 Å². The van der Waals surface area contributed by atoms with E-state index < -0.39 is 11.6 Å². The number of hydrogen-bond acceptors (Lipinski definition) is 6. The molecule has 0 unspecified atom stereocenters. The van der Waals surface area contributed by atoms with Crippen molar-refractivity contribution in [2.45, 2.75) is 37.5 Å². The first-order valence-electron chi connectivity index (χ1n) is 11.0. The monoisotopic (exact) mass is 454 g/mol. The van der Waals surface area contributed by atoms with Crippen LogP contribution in [-0.4, -0.2) is 48.4 Å². The van der Waals surface area contributed by atoms with Crippen molar-refractivity contribution < 1.29 is 18.3 Å². The largest absolute Gasteiger partial charge is 0.481 e. The van der Waals surface area contributed by atoms with E-state index in [0.717, 1.165) is 41.6 Å². The number of nitrogens with one attached hydrogen (secondary N) is 1. The molecule has 1 aliphatic rings. The van der Waals surface area contributed by atoms with Crippen LogP contribution in [-0.2, 0) is 11.2 Å². The van der Waals surface area contributed by atoms with Crippen LogP contribution in [0.1, 0.15) is 24.0 Å². The van der Waals surface area contributed by atoms with E-state index in [1.807, 2.05) is 12.1 Å². The minimum Gasteiger partial charge on any atom is -0.481 e. The summed E-state index contributed by atoms with van der Waals surface area (Å²) in [5, 5.41) is 3.37. The van der Waals surface area contributed by atoms with E-state index in [-0.39, 0.29) is 23.8 Å². The van der Waals surface area contributed by atoms with Gasteiger partial charge in [-0.3, -0.25) is 4.98 Å². The Hall–Kier alpha value is -2.94. The lowest BCUT2D eigenvalue weighted by Gasteiger charge is -2.33. The molecule has 4 rings (SSSR count). The third-order valence-electron chi connectivity index (χ3n) is 5.88. The molecule has 1 aromatic carbocycles. The third kappa shape index (κ3) is 5.90. The number of hydrogen-bond donors (Lipinski definition) is 2. The molecule has 1 fully saturated rings. The molecule has 2 aromatic heterocycles. The average molecular weight is 455 g/mol. The Morgan fingerprint density at radius 2 is 2.12 bits per heavy atom. The fourth-order valence-corrected chi connectivity index (χ4v) is 4.06. The molecule has 3 aromatic rings. The van der Waals surface area contributed by atoms with Crippen LogP contribution in [0.5, 0.6) is 5.88 Å². The van der Waals surface area contributed by atoms with Crippen LogP contribution < -0.4 is 15.8 Å². The number of rotatable bonds is 8. The molecule has 1 aliphatic heterocycles. The molecule has 0 spiro atoms. The molecule has 0 saturated carbocycles. The van der Waals surface area contributed by atoms with Gasteiger partial charge in [0, 0.05) is 36.5 Å². The predicted octanol–water partition coefficient (Wildman–Crippen LogP) is 3.64. The van der Waals surface area contributed by atoms with Crippen LogP contribution in [0.2, 0.25) is 0 Å². The van der Waals surface area contributed by atoms with Crippen molar-refractivity contribution in [3.63, 3.8) is 0 Å². The number of ether oxygens (including phenoxy) is 2. The first kappa shape index (κ1) is 23.2. The minimum absolute atomic E-state index is 0.0474. The molecule has 3 heterocycles. The summed E-state index contributed by atoms with van der Waals surface area (Å²) in [5.74, 6) is -0.356. The van der Waals surface area contributed by atoms with E-state index in [1.165, 1.54) is 6.07 Å². The van der Waals surface area contributed by atoms with E-state index in [2.05, 4.69) is 15.3 Å². The summed E-state index contributed by atoms with van der Waals surface area (Å²) in [7, 11) is 1.59. The highest BCUT2D eigenvalue weighted by Crippen LogP contribution is 2.23. The number of benzene rings is 1. The smallest absolute Gasteiger partial charge is 0.213 e. The first-order chi connectivity index (χ1) is 16.0. The highest BCUT2D eigenvalue weighted by atomic mass is 19.1. The van der Waals surface area contributed by atoms with Crippen LogP contribution in [0.3, 0.4) is 0 Å². The number of nitrogens with zero attached hydrogens (tertiary/aromatic N) is 2. The number of aromatic nitrogens is 2. The number of fused-ring (bicyclic) bond motifs is 1. The van der Waals surface area contributed by atoms with Gasteiger partial charge in [-0.2, -0.15) is 0 Å². The van der Waals surface area contributed by atoms with Gasteiger partial charge >= 0.3 is 0 Å². The van der Waals surface area contributed by atoms with Crippen molar-refractivity contribution in [2.24, 2.45) is 5.73 Å². The lowest BCUT2D eigenvalue weighted by molar-refractivity contribution is -0.0156. The van der Waals surface area contributed by atoms with Gasteiger partial charge in [0.2, 0.25) is 5.88 Å². The molecule has 33 heavy (non-hydrogen) atoms. The Bertz CT molecular complexity index is 1120. The SMILES string of the molecule is COc1ccc2nccc(C[C@H](N)[C@@H]3CC[C@@H](NCC=Cc4cc(F)ccc4F)CO3)c2n1. The van der Waals surface area contributed by atoms with Crippen molar-refractivity contribution in [3.05, 3.63) is 71.4 Å². The van der Waals surface area contributed by atoms with Gasteiger partial charge in [0.25, 0.3) is 0 Å². The lowest BCUT2D eigenvalue weighted by Crippen LogP contribution is -2.47. The fourth-order valence-electron chi connectivity index (χ4n) is 4.06. The Morgan fingerprint density at radius 3 is 2.91 bits per heavy atom. The third-order valence-corrected chi connectivity index (χ3v) is 5.88. The summed E-state index contributed by atoms with van der Waals surface area (Å²) in [6, 6.07) is 9.05. The number of pyridine rings is 2. The van der Waals surface area contributed by atoms with Crippen molar-refractivity contribution in [1.82, 2.24) is 15.3 Å². The molecule has 8 heteroatoms. The van der Waals surface area contributed by atoms with E-state index >= 15 is 0 Å². The molecule has 1 saturated heterocycles. The van der Waals surface area contributed by atoms with Crippen LogP contribution >= 0.6 is 0 Å².